The Bertz CT molecular complexity index is 1030. The zero-order valence-corrected chi connectivity index (χ0v) is 18.1. The van der Waals surface area contributed by atoms with Gasteiger partial charge in [-0.05, 0) is 54.2 Å². The van der Waals surface area contributed by atoms with Gasteiger partial charge in [-0.2, -0.15) is 13.2 Å². The molecule has 2 aromatic carbocycles. The van der Waals surface area contributed by atoms with Crippen LogP contribution in [0.2, 0.25) is 0 Å². The van der Waals surface area contributed by atoms with Crippen molar-refractivity contribution in [2.45, 2.75) is 37.9 Å². The van der Waals surface area contributed by atoms with Crippen molar-refractivity contribution >= 4 is 15.9 Å². The molecule has 168 valence electrons. The highest BCUT2D eigenvalue weighted by atomic mass is 32.2. The second-order valence-electron chi connectivity index (χ2n) is 8.20. The number of nitrogens with zero attached hydrogens (tertiary/aromatic N) is 1. The summed E-state index contributed by atoms with van der Waals surface area (Å²) in [7, 11) is -4.12. The molecule has 0 aromatic heterocycles. The van der Waals surface area contributed by atoms with Crippen LogP contribution in [-0.2, 0) is 22.7 Å². The molecule has 1 fully saturated rings. The van der Waals surface area contributed by atoms with Gasteiger partial charge in [-0.3, -0.25) is 4.79 Å². The molecule has 0 radical (unpaired) electrons. The molecule has 1 N–H and O–H groups in total. The summed E-state index contributed by atoms with van der Waals surface area (Å²) in [6.45, 7) is 5.55. The molecule has 3 rings (SSSR count). The third-order valence-electron chi connectivity index (χ3n) is 5.29. The van der Waals surface area contributed by atoms with E-state index in [0.29, 0.717) is 42.1 Å². The summed E-state index contributed by atoms with van der Waals surface area (Å²) >= 11 is 0. The van der Waals surface area contributed by atoms with Crippen molar-refractivity contribution in [1.82, 2.24) is 9.62 Å². The van der Waals surface area contributed by atoms with Gasteiger partial charge in [0.05, 0.1) is 10.5 Å². The van der Waals surface area contributed by atoms with Gasteiger partial charge in [0.1, 0.15) is 0 Å². The number of hydrogen-bond donors (Lipinski definition) is 1. The molecule has 0 aliphatic carbocycles. The number of hydrogen-bond acceptors (Lipinski definition) is 3. The van der Waals surface area contributed by atoms with Crippen molar-refractivity contribution in [2.24, 2.45) is 11.8 Å². The van der Waals surface area contributed by atoms with Gasteiger partial charge in [0.2, 0.25) is 10.0 Å². The molecular formula is C22H25F3N2O3S. The Balaban J connectivity index is 1.66. The lowest BCUT2D eigenvalue weighted by atomic mass is 9.91. The summed E-state index contributed by atoms with van der Waals surface area (Å²) in [6.07, 6.45) is -3.54. The Morgan fingerprint density at radius 3 is 2.26 bits per heavy atom. The summed E-state index contributed by atoms with van der Waals surface area (Å²) in [5, 5.41) is 0. The van der Waals surface area contributed by atoms with Gasteiger partial charge >= 0.3 is 6.18 Å². The number of alkyl halides is 3. The molecule has 1 amide bonds. The van der Waals surface area contributed by atoms with E-state index >= 15 is 0 Å². The number of benzene rings is 2. The zero-order valence-electron chi connectivity index (χ0n) is 17.3. The van der Waals surface area contributed by atoms with Crippen LogP contribution in [0, 0.1) is 11.8 Å². The number of nitrogens with one attached hydrogen (secondary N) is 1. The van der Waals surface area contributed by atoms with Crippen molar-refractivity contribution in [1.29, 1.82) is 0 Å². The highest BCUT2D eigenvalue weighted by Crippen LogP contribution is 2.30. The fraction of sp³-hybridized carbons (Fsp3) is 0.409. The van der Waals surface area contributed by atoms with Crippen LogP contribution in [0.25, 0.3) is 0 Å². The molecule has 2 aromatic rings. The van der Waals surface area contributed by atoms with Crippen LogP contribution in [-0.4, -0.2) is 32.3 Å². The Morgan fingerprint density at radius 1 is 1.06 bits per heavy atom. The second kappa shape index (κ2) is 9.00. The van der Waals surface area contributed by atoms with Crippen molar-refractivity contribution in [3.05, 3.63) is 65.2 Å². The lowest BCUT2D eigenvalue weighted by Crippen LogP contribution is -2.42. The van der Waals surface area contributed by atoms with Crippen LogP contribution in [0.1, 0.15) is 41.8 Å². The van der Waals surface area contributed by atoms with E-state index in [1.165, 1.54) is 0 Å². The van der Waals surface area contributed by atoms with Gasteiger partial charge in [0.25, 0.3) is 5.91 Å². The number of sulfonamides is 1. The largest absolute Gasteiger partial charge is 0.416 e. The summed E-state index contributed by atoms with van der Waals surface area (Å²) in [6, 6.07) is 10.1. The van der Waals surface area contributed by atoms with Crippen LogP contribution < -0.4 is 4.72 Å². The fourth-order valence-corrected chi connectivity index (χ4v) is 4.94. The molecule has 0 unspecified atom stereocenters. The number of amides is 1. The highest BCUT2D eigenvalue weighted by molar-refractivity contribution is 7.89. The predicted molar refractivity (Wildman–Crippen MR) is 111 cm³/mol. The monoisotopic (exact) mass is 454 g/mol. The Hall–Kier alpha value is -2.39. The van der Waals surface area contributed by atoms with E-state index in [2.05, 4.69) is 18.6 Å². The smallest absolute Gasteiger partial charge is 0.338 e. The normalized spacial score (nSPS) is 20.0. The minimum Gasteiger partial charge on any atom is -0.338 e. The van der Waals surface area contributed by atoms with E-state index < -0.39 is 26.7 Å². The number of rotatable bonds is 5. The molecule has 9 heteroatoms. The lowest BCUT2D eigenvalue weighted by molar-refractivity contribution is -0.137. The average Bonchev–Trinajstić information content (AvgIpc) is 2.71. The van der Waals surface area contributed by atoms with Crippen LogP contribution in [0.15, 0.2) is 53.4 Å². The molecule has 2 atom stereocenters. The van der Waals surface area contributed by atoms with Crippen molar-refractivity contribution < 1.29 is 26.4 Å². The number of likely N-dealkylation sites (tertiary alicyclic amines) is 1. The Labute approximate surface area is 180 Å². The van der Waals surface area contributed by atoms with Crippen LogP contribution >= 0.6 is 0 Å². The predicted octanol–water partition coefficient (Wildman–Crippen LogP) is 4.30. The molecule has 1 aliphatic rings. The van der Waals surface area contributed by atoms with E-state index in [9.17, 15) is 26.4 Å². The van der Waals surface area contributed by atoms with Gasteiger partial charge < -0.3 is 4.90 Å². The molecule has 0 spiro atoms. The second-order valence-corrected chi connectivity index (χ2v) is 9.97. The van der Waals surface area contributed by atoms with Crippen LogP contribution in [0.4, 0.5) is 13.2 Å². The van der Waals surface area contributed by atoms with Crippen molar-refractivity contribution in [2.75, 3.05) is 13.1 Å². The first-order valence-electron chi connectivity index (χ1n) is 10.0. The maximum atomic E-state index is 12.8. The number of carbonyl (C=O) groups excluding carboxylic acids is 1. The van der Waals surface area contributed by atoms with Gasteiger partial charge in [0, 0.05) is 25.2 Å². The summed E-state index contributed by atoms with van der Waals surface area (Å²) in [5.74, 6) is 0.823. The van der Waals surface area contributed by atoms with E-state index in [1.807, 2.05) is 4.90 Å². The molecular weight excluding hydrogens is 429 g/mol. The third kappa shape index (κ3) is 5.86. The van der Waals surface area contributed by atoms with Gasteiger partial charge in [0.15, 0.2) is 0 Å². The first kappa shape index (κ1) is 23.3. The van der Waals surface area contributed by atoms with Gasteiger partial charge in [-0.15, -0.1) is 0 Å². The SMILES string of the molecule is C[C@H]1C[C@H](C)CN(C(=O)c2ccc(CNS(=O)(=O)c3cccc(C(F)(F)F)c3)cc2)C1. The lowest BCUT2D eigenvalue weighted by Gasteiger charge is -2.35. The van der Waals surface area contributed by atoms with E-state index in [0.717, 1.165) is 24.6 Å². The van der Waals surface area contributed by atoms with E-state index in [-0.39, 0.29) is 12.5 Å². The average molecular weight is 455 g/mol. The van der Waals surface area contributed by atoms with E-state index in [1.54, 1.807) is 24.3 Å². The molecule has 1 heterocycles. The van der Waals surface area contributed by atoms with Crippen LogP contribution in [0.3, 0.4) is 0 Å². The molecule has 0 bridgehead atoms. The highest BCUT2D eigenvalue weighted by Gasteiger charge is 2.31. The molecule has 1 aliphatic heterocycles. The Kier molecular flexibility index (Phi) is 6.76. The molecule has 1 saturated heterocycles. The minimum atomic E-state index is -4.63. The summed E-state index contributed by atoms with van der Waals surface area (Å²) < 4.78 is 65.6. The van der Waals surface area contributed by atoms with Gasteiger partial charge in [-0.25, -0.2) is 13.1 Å². The Morgan fingerprint density at radius 2 is 1.68 bits per heavy atom. The maximum absolute atomic E-state index is 12.8. The number of carbonyl (C=O) groups is 1. The number of halogens is 3. The maximum Gasteiger partial charge on any atom is 0.416 e. The van der Waals surface area contributed by atoms with Crippen LogP contribution in [0.5, 0.6) is 0 Å². The summed E-state index contributed by atoms with van der Waals surface area (Å²) in [4.78, 5) is 14.1. The quantitative estimate of drug-likeness (QED) is 0.733. The third-order valence-corrected chi connectivity index (χ3v) is 6.69. The van der Waals surface area contributed by atoms with Crippen molar-refractivity contribution in [3.63, 3.8) is 0 Å². The van der Waals surface area contributed by atoms with Crippen molar-refractivity contribution in [3.8, 4) is 0 Å². The number of piperidine rings is 1. The first-order valence-corrected chi connectivity index (χ1v) is 11.5. The van der Waals surface area contributed by atoms with E-state index in [4.69, 9.17) is 0 Å². The first-order chi connectivity index (χ1) is 14.5. The molecule has 5 nitrogen and oxygen atoms in total. The topological polar surface area (TPSA) is 66.5 Å². The summed E-state index contributed by atoms with van der Waals surface area (Å²) in [5.41, 5.74) is 0.0813. The molecule has 31 heavy (non-hydrogen) atoms. The zero-order chi connectivity index (χ0) is 22.8. The standard InChI is InChI=1S/C22H25F3N2O3S/c1-15-10-16(2)14-27(13-15)21(28)18-8-6-17(7-9-18)12-26-31(29,30)20-5-3-4-19(11-20)22(23,24)25/h3-9,11,15-16,26H,10,12-14H2,1-2H3/t15-,16-/m0/s1. The molecule has 0 saturated carbocycles. The minimum absolute atomic E-state index is 0.0607. The van der Waals surface area contributed by atoms with Gasteiger partial charge in [-0.1, -0.05) is 32.0 Å². The fourth-order valence-electron chi connectivity index (χ4n) is 3.88.